The molecule has 0 fully saturated rings. The Morgan fingerprint density at radius 1 is 1.16 bits per heavy atom. The van der Waals surface area contributed by atoms with Gasteiger partial charge in [0, 0.05) is 11.9 Å². The minimum atomic E-state index is -0.307. The van der Waals surface area contributed by atoms with E-state index in [1.807, 2.05) is 37.3 Å². The van der Waals surface area contributed by atoms with Gasteiger partial charge in [0.15, 0.2) is 0 Å². The fourth-order valence-corrected chi connectivity index (χ4v) is 2.96. The van der Waals surface area contributed by atoms with E-state index in [-0.39, 0.29) is 5.97 Å². The molecule has 0 saturated carbocycles. The van der Waals surface area contributed by atoms with Gasteiger partial charge in [-0.05, 0) is 44.4 Å². The molecule has 0 heterocycles. The fourth-order valence-electron chi connectivity index (χ4n) is 2.96. The van der Waals surface area contributed by atoms with Gasteiger partial charge in [0.05, 0.1) is 17.9 Å². The van der Waals surface area contributed by atoms with Crippen molar-refractivity contribution in [2.24, 2.45) is 0 Å². The summed E-state index contributed by atoms with van der Waals surface area (Å²) in [5, 5.41) is 5.45. The van der Waals surface area contributed by atoms with Gasteiger partial charge in [-0.15, -0.1) is 0 Å². The van der Waals surface area contributed by atoms with Gasteiger partial charge in [0.2, 0.25) is 0 Å². The normalized spacial score (nSPS) is 11.0. The summed E-state index contributed by atoms with van der Waals surface area (Å²) in [6.45, 7) is 10.4. The van der Waals surface area contributed by atoms with Crippen molar-refractivity contribution >= 4 is 35.7 Å². The molecular formula is C20H27BN2O2. The predicted octanol–water partition coefficient (Wildman–Crippen LogP) is 2.95. The van der Waals surface area contributed by atoms with E-state index in [0.29, 0.717) is 17.6 Å². The molecule has 4 nitrogen and oxygen atoms in total. The third-order valence-corrected chi connectivity index (χ3v) is 4.39. The van der Waals surface area contributed by atoms with Crippen LogP contribution in [0.2, 0.25) is 0 Å². The Kier molecular flexibility index (Phi) is 7.32. The topological polar surface area (TPSA) is 41.6 Å². The zero-order chi connectivity index (χ0) is 18.2. The molecule has 0 aliphatic rings. The lowest BCUT2D eigenvalue weighted by Gasteiger charge is -2.19. The summed E-state index contributed by atoms with van der Waals surface area (Å²) < 4.78 is 5.21. The van der Waals surface area contributed by atoms with Crippen molar-refractivity contribution in [2.75, 3.05) is 38.1 Å². The van der Waals surface area contributed by atoms with Crippen LogP contribution < -0.4 is 10.8 Å². The first-order valence-electron chi connectivity index (χ1n) is 9.06. The molecular weight excluding hydrogens is 311 g/mol. The van der Waals surface area contributed by atoms with E-state index in [2.05, 4.69) is 24.1 Å². The van der Waals surface area contributed by atoms with Crippen molar-refractivity contribution in [2.45, 2.75) is 27.2 Å². The van der Waals surface area contributed by atoms with Crippen molar-refractivity contribution in [1.29, 1.82) is 0 Å². The van der Waals surface area contributed by atoms with E-state index in [1.165, 1.54) is 0 Å². The van der Waals surface area contributed by atoms with Gasteiger partial charge >= 0.3 is 5.97 Å². The molecule has 0 spiro atoms. The highest BCUT2D eigenvalue weighted by molar-refractivity contribution is 6.33. The molecule has 0 atom stereocenters. The molecule has 0 saturated heterocycles. The summed E-state index contributed by atoms with van der Waals surface area (Å²) in [7, 11) is 5.96. The number of carbonyl (C=O) groups excluding carboxylic acids is 1. The molecule has 25 heavy (non-hydrogen) atoms. The van der Waals surface area contributed by atoms with Gasteiger partial charge in [0.1, 0.15) is 7.85 Å². The van der Waals surface area contributed by atoms with Crippen LogP contribution in [0.1, 0.15) is 37.6 Å². The average Bonchev–Trinajstić information content (AvgIpc) is 2.62. The van der Waals surface area contributed by atoms with Crippen molar-refractivity contribution in [3.05, 3.63) is 35.9 Å². The number of rotatable bonds is 9. The van der Waals surface area contributed by atoms with E-state index in [4.69, 9.17) is 12.6 Å². The first kappa shape index (κ1) is 19.3. The lowest BCUT2D eigenvalue weighted by molar-refractivity contribution is 0.0527. The van der Waals surface area contributed by atoms with Crippen LogP contribution in [-0.2, 0) is 4.74 Å². The highest BCUT2D eigenvalue weighted by atomic mass is 16.5. The average molecular weight is 338 g/mol. The Morgan fingerprint density at radius 3 is 2.56 bits per heavy atom. The highest BCUT2D eigenvalue weighted by Crippen LogP contribution is 2.27. The lowest BCUT2D eigenvalue weighted by atomic mass is 9.92. The van der Waals surface area contributed by atoms with Crippen LogP contribution >= 0.6 is 0 Å². The maximum atomic E-state index is 12.3. The summed E-state index contributed by atoms with van der Waals surface area (Å²) in [5.74, 6) is -0.307. The fraction of sp³-hybridized carbons (Fsp3) is 0.450. The predicted molar refractivity (Wildman–Crippen MR) is 106 cm³/mol. The Balaban J connectivity index is 2.25. The van der Waals surface area contributed by atoms with Crippen molar-refractivity contribution in [3.63, 3.8) is 0 Å². The van der Waals surface area contributed by atoms with Gasteiger partial charge in [-0.1, -0.05) is 43.6 Å². The lowest BCUT2D eigenvalue weighted by Crippen LogP contribution is -2.25. The number of hydrogen-bond acceptors (Lipinski definition) is 4. The van der Waals surface area contributed by atoms with E-state index in [9.17, 15) is 4.79 Å². The zero-order valence-corrected chi connectivity index (χ0v) is 15.5. The van der Waals surface area contributed by atoms with Crippen LogP contribution in [-0.4, -0.2) is 51.5 Å². The highest BCUT2D eigenvalue weighted by Gasteiger charge is 2.15. The number of nitrogens with one attached hydrogen (secondary N) is 1. The van der Waals surface area contributed by atoms with Crippen molar-refractivity contribution in [3.8, 4) is 0 Å². The Labute approximate surface area is 151 Å². The van der Waals surface area contributed by atoms with Crippen LogP contribution in [0, 0.1) is 0 Å². The molecule has 1 N–H and O–H groups in total. The van der Waals surface area contributed by atoms with Crippen molar-refractivity contribution < 1.29 is 9.53 Å². The number of benzene rings is 2. The maximum Gasteiger partial charge on any atom is 0.340 e. The number of fused-ring (bicyclic) bond motifs is 1. The molecule has 0 unspecified atom stereocenters. The Morgan fingerprint density at radius 2 is 1.88 bits per heavy atom. The smallest absolute Gasteiger partial charge is 0.340 e. The number of ether oxygens (including phenoxy) is 1. The van der Waals surface area contributed by atoms with Crippen molar-refractivity contribution in [1.82, 2.24) is 4.90 Å². The molecule has 2 radical (unpaired) electrons. The standard InChI is InChI=1S/C20H27BN2O2/c1-4-23(5-2)13-7-12-22-19-17(20(24)25-6-3)11-9-15-8-10-16(21)14-18(15)19/h8-11,14,22H,4-7,12-13H2,1-3H3. The largest absolute Gasteiger partial charge is 0.462 e. The second kappa shape index (κ2) is 9.47. The van der Waals surface area contributed by atoms with Gasteiger partial charge in [-0.25, -0.2) is 4.79 Å². The van der Waals surface area contributed by atoms with Crippen LogP contribution in [0.3, 0.4) is 0 Å². The van der Waals surface area contributed by atoms with Gasteiger partial charge in [-0.2, -0.15) is 0 Å². The van der Waals surface area contributed by atoms with Crippen LogP contribution in [0.25, 0.3) is 10.8 Å². The van der Waals surface area contributed by atoms with Gasteiger partial charge in [0.25, 0.3) is 0 Å². The molecule has 0 amide bonds. The molecule has 2 aromatic rings. The van der Waals surface area contributed by atoms with Crippen LogP contribution in [0.5, 0.6) is 0 Å². The molecule has 0 aliphatic carbocycles. The molecule has 0 aliphatic heterocycles. The monoisotopic (exact) mass is 338 g/mol. The number of anilines is 1. The molecule has 5 heteroatoms. The summed E-state index contributed by atoms with van der Waals surface area (Å²) in [5.41, 5.74) is 2.05. The molecule has 2 aromatic carbocycles. The van der Waals surface area contributed by atoms with Gasteiger partial charge in [-0.3, -0.25) is 0 Å². The summed E-state index contributed by atoms with van der Waals surface area (Å²) in [6.07, 6.45) is 1.00. The quantitative estimate of drug-likeness (QED) is 0.434. The summed E-state index contributed by atoms with van der Waals surface area (Å²) in [4.78, 5) is 14.7. The minimum absolute atomic E-state index is 0.307. The van der Waals surface area contributed by atoms with E-state index in [0.717, 1.165) is 49.1 Å². The third-order valence-electron chi connectivity index (χ3n) is 4.39. The van der Waals surface area contributed by atoms with Gasteiger partial charge < -0.3 is 15.0 Å². The Hall–Kier alpha value is -2.01. The first-order chi connectivity index (χ1) is 12.1. The molecule has 132 valence electrons. The molecule has 2 rings (SSSR count). The molecule has 0 aromatic heterocycles. The maximum absolute atomic E-state index is 12.3. The van der Waals surface area contributed by atoms with E-state index in [1.54, 1.807) is 0 Å². The summed E-state index contributed by atoms with van der Waals surface area (Å²) in [6, 6.07) is 9.51. The van der Waals surface area contributed by atoms with E-state index < -0.39 is 0 Å². The van der Waals surface area contributed by atoms with Crippen LogP contribution in [0.4, 0.5) is 5.69 Å². The second-order valence-corrected chi connectivity index (χ2v) is 6.00. The summed E-state index contributed by atoms with van der Waals surface area (Å²) >= 11 is 0. The number of hydrogen-bond donors (Lipinski definition) is 1. The number of esters is 1. The van der Waals surface area contributed by atoms with E-state index >= 15 is 0 Å². The van der Waals surface area contributed by atoms with Crippen LogP contribution in [0.15, 0.2) is 30.3 Å². The zero-order valence-electron chi connectivity index (χ0n) is 15.5. The number of carbonyl (C=O) groups is 1. The first-order valence-corrected chi connectivity index (χ1v) is 9.06. The minimum Gasteiger partial charge on any atom is -0.462 e. The molecule has 0 bridgehead atoms. The Bertz CT molecular complexity index is 714. The third kappa shape index (κ3) is 4.99. The number of nitrogens with zero attached hydrogens (tertiary/aromatic N) is 1. The second-order valence-electron chi connectivity index (χ2n) is 6.00. The SMILES string of the molecule is [B]c1ccc2ccc(C(=O)OCC)c(NCCCN(CC)CC)c2c1.